The molecule has 3 rings (SSSR count). The van der Waals surface area contributed by atoms with E-state index in [9.17, 15) is 0 Å². The molecule has 1 heterocycles. The van der Waals surface area contributed by atoms with E-state index >= 15 is 0 Å². The molecule has 1 atom stereocenters. The van der Waals surface area contributed by atoms with Gasteiger partial charge in [-0.1, -0.05) is 17.7 Å². The molecule has 0 radical (unpaired) electrons. The summed E-state index contributed by atoms with van der Waals surface area (Å²) in [6, 6.07) is 4.68. The average molecular weight is 228 g/mol. The third-order valence-electron chi connectivity index (χ3n) is 3.98. The summed E-state index contributed by atoms with van der Waals surface area (Å²) < 4.78 is 0. The number of amidine groups is 1. The summed E-state index contributed by atoms with van der Waals surface area (Å²) in [4.78, 5) is 4.62. The van der Waals surface area contributed by atoms with Crippen LogP contribution < -0.4 is 5.32 Å². The van der Waals surface area contributed by atoms with Gasteiger partial charge in [0.05, 0.1) is 6.54 Å². The van der Waals surface area contributed by atoms with Gasteiger partial charge in [-0.25, -0.2) is 0 Å². The quantitative estimate of drug-likeness (QED) is 0.785. The molecule has 0 saturated heterocycles. The van der Waals surface area contributed by atoms with Gasteiger partial charge >= 0.3 is 0 Å². The topological polar surface area (TPSA) is 24.4 Å². The molecule has 0 saturated carbocycles. The Balaban J connectivity index is 2.06. The van der Waals surface area contributed by atoms with Crippen LogP contribution in [0.15, 0.2) is 17.1 Å². The predicted octanol–water partition coefficient (Wildman–Crippen LogP) is 2.73. The zero-order chi connectivity index (χ0) is 11.8. The zero-order valence-electron chi connectivity index (χ0n) is 10.7. The van der Waals surface area contributed by atoms with Crippen LogP contribution in [0.1, 0.15) is 41.0 Å². The molecule has 1 aliphatic carbocycles. The van der Waals surface area contributed by atoms with Crippen molar-refractivity contribution in [3.63, 3.8) is 0 Å². The lowest BCUT2D eigenvalue weighted by molar-refractivity contribution is 0.638. The van der Waals surface area contributed by atoms with Crippen LogP contribution in [0, 0.1) is 13.8 Å². The van der Waals surface area contributed by atoms with Crippen LogP contribution in [0.3, 0.4) is 0 Å². The average Bonchev–Trinajstić information content (AvgIpc) is 2.81. The van der Waals surface area contributed by atoms with Gasteiger partial charge in [-0.3, -0.25) is 4.99 Å². The highest BCUT2D eigenvalue weighted by Gasteiger charge is 2.27. The van der Waals surface area contributed by atoms with Gasteiger partial charge in [0.25, 0.3) is 0 Å². The van der Waals surface area contributed by atoms with Gasteiger partial charge in [0, 0.05) is 12.5 Å². The Hall–Kier alpha value is -1.31. The largest absolute Gasteiger partial charge is 0.371 e. The molecule has 90 valence electrons. The fraction of sp³-hybridized carbons (Fsp3) is 0.533. The Labute approximate surface area is 103 Å². The van der Waals surface area contributed by atoms with E-state index in [0.29, 0.717) is 5.92 Å². The number of nitrogens with one attached hydrogen (secondary N) is 1. The van der Waals surface area contributed by atoms with Crippen LogP contribution in [0.4, 0.5) is 0 Å². The van der Waals surface area contributed by atoms with Crippen molar-refractivity contribution in [2.45, 2.75) is 39.0 Å². The second kappa shape index (κ2) is 4.17. The number of aliphatic imine (C=N–C) groups is 1. The molecule has 2 aliphatic rings. The summed E-state index contributed by atoms with van der Waals surface area (Å²) >= 11 is 0. The van der Waals surface area contributed by atoms with Crippen molar-refractivity contribution in [2.24, 2.45) is 4.99 Å². The van der Waals surface area contributed by atoms with Crippen molar-refractivity contribution in [1.82, 2.24) is 5.32 Å². The molecular weight excluding hydrogens is 208 g/mol. The summed E-state index contributed by atoms with van der Waals surface area (Å²) in [5.74, 6) is 1.76. The lowest BCUT2D eigenvalue weighted by atomic mass is 9.79. The molecule has 0 aromatic heterocycles. The Morgan fingerprint density at radius 2 is 2.18 bits per heavy atom. The first kappa shape index (κ1) is 10.8. The first-order valence-electron chi connectivity index (χ1n) is 6.64. The number of nitrogens with zero attached hydrogens (tertiary/aromatic N) is 1. The Kier molecular flexibility index (Phi) is 2.65. The fourth-order valence-electron chi connectivity index (χ4n) is 3.25. The minimum Gasteiger partial charge on any atom is -0.371 e. The lowest BCUT2D eigenvalue weighted by Gasteiger charge is -2.27. The number of hydrogen-bond donors (Lipinski definition) is 1. The second-order valence-corrected chi connectivity index (χ2v) is 5.29. The van der Waals surface area contributed by atoms with Crippen molar-refractivity contribution >= 4 is 5.84 Å². The van der Waals surface area contributed by atoms with Gasteiger partial charge < -0.3 is 5.32 Å². The van der Waals surface area contributed by atoms with Crippen LogP contribution in [-0.4, -0.2) is 18.9 Å². The van der Waals surface area contributed by atoms with Gasteiger partial charge in [0.2, 0.25) is 0 Å². The van der Waals surface area contributed by atoms with E-state index in [1.807, 2.05) is 0 Å². The fourth-order valence-corrected chi connectivity index (χ4v) is 3.25. The predicted molar refractivity (Wildman–Crippen MR) is 71.9 cm³/mol. The summed E-state index contributed by atoms with van der Waals surface area (Å²) in [5, 5.41) is 3.46. The molecule has 1 aromatic rings. The smallest absolute Gasteiger partial charge is 0.104 e. The first-order chi connectivity index (χ1) is 8.25. The standard InChI is InChI=1S/C15H20N2/c1-10-8-11(2)12-4-3-5-13(14(12)9-10)15-16-6-7-17-15/h8-9,13H,3-7H2,1-2H3,(H,16,17). The highest BCUT2D eigenvalue weighted by Crippen LogP contribution is 2.35. The Bertz CT molecular complexity index is 474. The van der Waals surface area contributed by atoms with Gasteiger partial charge in [-0.15, -0.1) is 0 Å². The van der Waals surface area contributed by atoms with Gasteiger partial charge in [0.1, 0.15) is 5.84 Å². The third-order valence-corrected chi connectivity index (χ3v) is 3.98. The van der Waals surface area contributed by atoms with E-state index in [1.54, 1.807) is 5.56 Å². The summed E-state index contributed by atoms with van der Waals surface area (Å²) in [6.07, 6.45) is 3.79. The van der Waals surface area contributed by atoms with Gasteiger partial charge in [-0.2, -0.15) is 0 Å². The number of fused-ring (bicyclic) bond motifs is 1. The Morgan fingerprint density at radius 1 is 1.29 bits per heavy atom. The lowest BCUT2D eigenvalue weighted by Crippen LogP contribution is -2.28. The summed E-state index contributed by atoms with van der Waals surface area (Å²) in [6.45, 7) is 6.42. The maximum Gasteiger partial charge on any atom is 0.104 e. The van der Waals surface area contributed by atoms with Crippen molar-refractivity contribution in [2.75, 3.05) is 13.1 Å². The molecule has 0 fully saturated rings. The van der Waals surface area contributed by atoms with E-state index < -0.39 is 0 Å². The van der Waals surface area contributed by atoms with Crippen molar-refractivity contribution in [1.29, 1.82) is 0 Å². The summed E-state index contributed by atoms with van der Waals surface area (Å²) in [7, 11) is 0. The SMILES string of the molecule is Cc1cc(C)c2c(c1)C(C1=NCCN1)CCC2. The molecule has 0 spiro atoms. The van der Waals surface area contributed by atoms with Crippen LogP contribution >= 0.6 is 0 Å². The third kappa shape index (κ3) is 1.86. The van der Waals surface area contributed by atoms with Gasteiger partial charge in [0.15, 0.2) is 0 Å². The van der Waals surface area contributed by atoms with E-state index in [4.69, 9.17) is 0 Å². The minimum absolute atomic E-state index is 0.528. The molecule has 1 unspecified atom stereocenters. The molecule has 1 aliphatic heterocycles. The normalized spacial score (nSPS) is 22.9. The summed E-state index contributed by atoms with van der Waals surface area (Å²) in [5.41, 5.74) is 5.94. The van der Waals surface area contributed by atoms with Crippen LogP contribution in [0.5, 0.6) is 0 Å². The molecule has 0 bridgehead atoms. The maximum absolute atomic E-state index is 4.62. The number of hydrogen-bond acceptors (Lipinski definition) is 2. The highest BCUT2D eigenvalue weighted by atomic mass is 15.1. The Morgan fingerprint density at radius 3 is 2.94 bits per heavy atom. The highest BCUT2D eigenvalue weighted by molar-refractivity contribution is 5.90. The van der Waals surface area contributed by atoms with Crippen molar-refractivity contribution < 1.29 is 0 Å². The number of rotatable bonds is 1. The van der Waals surface area contributed by atoms with E-state index in [2.05, 4.69) is 36.3 Å². The monoisotopic (exact) mass is 228 g/mol. The second-order valence-electron chi connectivity index (χ2n) is 5.29. The first-order valence-corrected chi connectivity index (χ1v) is 6.64. The molecule has 17 heavy (non-hydrogen) atoms. The molecule has 0 amide bonds. The number of benzene rings is 1. The molecule has 2 heteroatoms. The number of aryl methyl sites for hydroxylation is 2. The molecule has 1 aromatic carbocycles. The van der Waals surface area contributed by atoms with Crippen molar-refractivity contribution in [3.8, 4) is 0 Å². The maximum atomic E-state index is 4.62. The molecule has 2 nitrogen and oxygen atoms in total. The van der Waals surface area contributed by atoms with Gasteiger partial charge in [-0.05, 0) is 49.8 Å². The van der Waals surface area contributed by atoms with E-state index in [1.165, 1.54) is 41.8 Å². The zero-order valence-corrected chi connectivity index (χ0v) is 10.7. The molecular formula is C15H20N2. The van der Waals surface area contributed by atoms with Crippen LogP contribution in [0.25, 0.3) is 0 Å². The van der Waals surface area contributed by atoms with Crippen molar-refractivity contribution in [3.05, 3.63) is 34.4 Å². The van der Waals surface area contributed by atoms with Crippen LogP contribution in [-0.2, 0) is 6.42 Å². The van der Waals surface area contributed by atoms with Crippen LogP contribution in [0.2, 0.25) is 0 Å². The molecule has 1 N–H and O–H groups in total. The van der Waals surface area contributed by atoms with E-state index in [-0.39, 0.29) is 0 Å². The minimum atomic E-state index is 0.528. The van der Waals surface area contributed by atoms with E-state index in [0.717, 1.165) is 13.1 Å².